The molecule has 0 unspecified atom stereocenters. The lowest BCUT2D eigenvalue weighted by atomic mass is 10.2. The first-order valence-electron chi connectivity index (χ1n) is 7.37. The second kappa shape index (κ2) is 4.58. The number of hydrogen-bond donors (Lipinski definition) is 0. The molecule has 2 aromatic heterocycles. The molecule has 0 aromatic carbocycles. The van der Waals surface area contributed by atoms with Crippen LogP contribution in [0, 0.1) is 0 Å². The summed E-state index contributed by atoms with van der Waals surface area (Å²) in [5, 5.41) is 0.319. The van der Waals surface area contributed by atoms with Crippen molar-refractivity contribution in [3.63, 3.8) is 0 Å². The maximum atomic E-state index is 6.14. The van der Waals surface area contributed by atoms with E-state index in [9.17, 15) is 0 Å². The van der Waals surface area contributed by atoms with Gasteiger partial charge in [0.2, 0.25) is 5.28 Å². The van der Waals surface area contributed by atoms with E-state index in [4.69, 9.17) is 11.6 Å². The predicted molar refractivity (Wildman–Crippen MR) is 79.3 cm³/mol. The summed E-state index contributed by atoms with van der Waals surface area (Å²) in [6, 6.07) is 1.10. The molecule has 20 heavy (non-hydrogen) atoms. The molecule has 0 aliphatic heterocycles. The molecule has 2 saturated carbocycles. The topological polar surface area (TPSA) is 46.8 Å². The summed E-state index contributed by atoms with van der Waals surface area (Å²) in [5.74, 6) is 0.874. The lowest BCUT2D eigenvalue weighted by Gasteiger charge is -2.18. The number of hydrogen-bond acceptors (Lipinski definition) is 4. The smallest absolute Gasteiger partial charge is 0.226 e. The van der Waals surface area contributed by atoms with E-state index < -0.39 is 0 Å². The average Bonchev–Trinajstić information content (AvgIpc) is 2.97. The molecule has 0 radical (unpaired) electrons. The van der Waals surface area contributed by atoms with E-state index in [-0.39, 0.29) is 0 Å². The Hall–Kier alpha value is -1.36. The predicted octanol–water partition coefficient (Wildman–Crippen LogP) is 3.19. The molecule has 0 N–H and O–H groups in total. The van der Waals surface area contributed by atoms with Gasteiger partial charge in [0, 0.05) is 19.1 Å². The third-order valence-electron chi connectivity index (χ3n) is 4.52. The van der Waals surface area contributed by atoms with Crippen LogP contribution < -0.4 is 4.90 Å². The highest BCUT2D eigenvalue weighted by atomic mass is 35.5. The summed E-state index contributed by atoms with van der Waals surface area (Å²) in [7, 11) is 2.07. The van der Waals surface area contributed by atoms with Crippen LogP contribution in [-0.4, -0.2) is 32.6 Å². The molecule has 0 bridgehead atoms. The number of halogens is 1. The molecule has 0 atom stereocenters. The number of rotatable bonds is 3. The Bertz CT molecular complexity index is 642. The molecule has 0 spiro atoms. The first-order valence-corrected chi connectivity index (χ1v) is 7.75. The number of nitrogens with zero attached hydrogens (tertiary/aromatic N) is 5. The summed E-state index contributed by atoms with van der Waals surface area (Å²) >= 11 is 6.14. The van der Waals surface area contributed by atoms with Crippen molar-refractivity contribution < 1.29 is 0 Å². The molecule has 0 amide bonds. The van der Waals surface area contributed by atoms with Crippen molar-refractivity contribution in [2.75, 3.05) is 11.9 Å². The van der Waals surface area contributed by atoms with Crippen molar-refractivity contribution in [1.82, 2.24) is 19.5 Å². The minimum absolute atomic E-state index is 0.319. The number of imidazole rings is 1. The van der Waals surface area contributed by atoms with Crippen molar-refractivity contribution in [2.24, 2.45) is 0 Å². The fourth-order valence-corrected chi connectivity index (χ4v) is 3.37. The van der Waals surface area contributed by atoms with E-state index in [2.05, 4.69) is 31.5 Å². The third-order valence-corrected chi connectivity index (χ3v) is 4.69. The Labute approximate surface area is 123 Å². The SMILES string of the molecule is CN(c1nc(Cl)nc2c1ncn2C1CCCC1)C1CC1. The number of anilines is 1. The number of fused-ring (bicyclic) bond motifs is 1. The van der Waals surface area contributed by atoms with Crippen LogP contribution in [0.2, 0.25) is 5.28 Å². The molecule has 2 fully saturated rings. The largest absolute Gasteiger partial charge is 0.355 e. The minimum atomic E-state index is 0.319. The fourth-order valence-electron chi connectivity index (χ4n) is 3.21. The van der Waals surface area contributed by atoms with Gasteiger partial charge in [-0.3, -0.25) is 0 Å². The van der Waals surface area contributed by atoms with Gasteiger partial charge in [0.25, 0.3) is 0 Å². The van der Waals surface area contributed by atoms with Crippen LogP contribution >= 0.6 is 11.6 Å². The normalized spacial score (nSPS) is 19.9. The lowest BCUT2D eigenvalue weighted by molar-refractivity contribution is 0.529. The summed E-state index contributed by atoms with van der Waals surface area (Å²) in [6.07, 6.45) is 9.36. The quantitative estimate of drug-likeness (QED) is 0.815. The fraction of sp³-hybridized carbons (Fsp3) is 0.643. The molecule has 0 saturated heterocycles. The highest BCUT2D eigenvalue weighted by Gasteiger charge is 2.30. The second-order valence-electron chi connectivity index (χ2n) is 5.92. The zero-order chi connectivity index (χ0) is 13.7. The molecule has 5 nitrogen and oxygen atoms in total. The lowest BCUT2D eigenvalue weighted by Crippen LogP contribution is -2.21. The summed E-state index contributed by atoms with van der Waals surface area (Å²) < 4.78 is 2.19. The van der Waals surface area contributed by atoms with E-state index in [0.29, 0.717) is 17.4 Å². The zero-order valence-corrected chi connectivity index (χ0v) is 12.3. The van der Waals surface area contributed by atoms with Gasteiger partial charge >= 0.3 is 0 Å². The Morgan fingerprint density at radius 3 is 2.65 bits per heavy atom. The van der Waals surface area contributed by atoms with Gasteiger partial charge in [-0.2, -0.15) is 9.97 Å². The zero-order valence-electron chi connectivity index (χ0n) is 11.6. The average molecular weight is 292 g/mol. The molecular weight excluding hydrogens is 274 g/mol. The van der Waals surface area contributed by atoms with Crippen molar-refractivity contribution in [3.05, 3.63) is 11.6 Å². The molecular formula is C14H18ClN5. The van der Waals surface area contributed by atoms with Gasteiger partial charge in [-0.15, -0.1) is 0 Å². The van der Waals surface area contributed by atoms with Crippen LogP contribution in [0.4, 0.5) is 5.82 Å². The molecule has 2 heterocycles. The number of aromatic nitrogens is 4. The summed E-state index contributed by atoms with van der Waals surface area (Å²) in [6.45, 7) is 0. The molecule has 4 rings (SSSR count). The van der Waals surface area contributed by atoms with Gasteiger partial charge in [0.05, 0.1) is 6.33 Å². The van der Waals surface area contributed by atoms with Crippen molar-refractivity contribution in [3.8, 4) is 0 Å². The van der Waals surface area contributed by atoms with E-state index in [0.717, 1.165) is 17.0 Å². The monoisotopic (exact) mass is 291 g/mol. The molecule has 106 valence electrons. The Morgan fingerprint density at radius 1 is 1.20 bits per heavy atom. The van der Waals surface area contributed by atoms with Gasteiger partial charge < -0.3 is 9.47 Å². The first kappa shape index (κ1) is 12.4. The van der Waals surface area contributed by atoms with Crippen molar-refractivity contribution in [1.29, 1.82) is 0 Å². The Balaban J connectivity index is 1.84. The standard InChI is InChI=1S/C14H18ClN5/c1-19(9-6-7-9)12-11-13(18-14(15)17-12)20(8-16-11)10-4-2-3-5-10/h8-10H,2-7H2,1H3. The van der Waals surface area contributed by atoms with Gasteiger partial charge in [-0.25, -0.2) is 4.98 Å². The van der Waals surface area contributed by atoms with E-state index in [1.165, 1.54) is 38.5 Å². The Morgan fingerprint density at radius 2 is 1.95 bits per heavy atom. The Kier molecular flexibility index (Phi) is 2.84. The van der Waals surface area contributed by atoms with E-state index >= 15 is 0 Å². The second-order valence-corrected chi connectivity index (χ2v) is 6.26. The third kappa shape index (κ3) is 1.95. The molecule has 2 aliphatic carbocycles. The van der Waals surface area contributed by atoms with Crippen molar-refractivity contribution >= 4 is 28.6 Å². The van der Waals surface area contributed by atoms with E-state index in [1.807, 2.05) is 6.33 Å². The van der Waals surface area contributed by atoms with Gasteiger partial charge in [-0.1, -0.05) is 12.8 Å². The van der Waals surface area contributed by atoms with Crippen LogP contribution in [0.1, 0.15) is 44.6 Å². The maximum Gasteiger partial charge on any atom is 0.226 e. The van der Waals surface area contributed by atoms with Gasteiger partial charge in [0.1, 0.15) is 0 Å². The van der Waals surface area contributed by atoms with Crippen LogP contribution in [0.25, 0.3) is 11.2 Å². The van der Waals surface area contributed by atoms with Crippen LogP contribution in [0.5, 0.6) is 0 Å². The van der Waals surface area contributed by atoms with Gasteiger partial charge in [-0.05, 0) is 37.3 Å². The molecule has 2 aliphatic rings. The first-order chi connectivity index (χ1) is 9.74. The summed E-state index contributed by atoms with van der Waals surface area (Å²) in [5.41, 5.74) is 1.77. The summed E-state index contributed by atoms with van der Waals surface area (Å²) in [4.78, 5) is 15.6. The van der Waals surface area contributed by atoms with Gasteiger partial charge in [0.15, 0.2) is 17.0 Å². The minimum Gasteiger partial charge on any atom is -0.355 e. The maximum absolute atomic E-state index is 6.14. The van der Waals surface area contributed by atoms with Crippen LogP contribution in [0.15, 0.2) is 6.33 Å². The van der Waals surface area contributed by atoms with Crippen LogP contribution in [0.3, 0.4) is 0 Å². The highest BCUT2D eigenvalue weighted by molar-refractivity contribution is 6.28. The van der Waals surface area contributed by atoms with Crippen molar-refractivity contribution in [2.45, 2.75) is 50.6 Å². The molecule has 6 heteroatoms. The highest BCUT2D eigenvalue weighted by Crippen LogP contribution is 2.36. The van der Waals surface area contributed by atoms with E-state index in [1.54, 1.807) is 0 Å². The van der Waals surface area contributed by atoms with Crippen LogP contribution in [-0.2, 0) is 0 Å². The molecule has 2 aromatic rings.